The summed E-state index contributed by atoms with van der Waals surface area (Å²) in [6.07, 6.45) is 3.46. The second kappa shape index (κ2) is 6.72. The molecule has 0 aliphatic carbocycles. The van der Waals surface area contributed by atoms with Crippen LogP contribution in [0.25, 0.3) is 0 Å². The molecule has 2 heterocycles. The summed E-state index contributed by atoms with van der Waals surface area (Å²) in [5.41, 5.74) is 6.67. The fourth-order valence-electron chi connectivity index (χ4n) is 2.59. The first-order valence-corrected chi connectivity index (χ1v) is 8.37. The standard InChI is InChI=1S/C13H18N4O3S.ClH/c14-13-12-10(16-21(18,19)17-13)5-3-6-11(12)20-8-9-4-1-2-7-15-9;/h3,5-6,9,15-16H,1-2,4,7-8H2,(H2,14,17);1H/t9-;/m1./s1. The van der Waals surface area contributed by atoms with Crippen molar-refractivity contribution in [3.8, 4) is 5.75 Å². The summed E-state index contributed by atoms with van der Waals surface area (Å²) in [5.74, 6) is 0.500. The van der Waals surface area contributed by atoms with Crippen LogP contribution in [-0.4, -0.2) is 33.4 Å². The van der Waals surface area contributed by atoms with Crippen molar-refractivity contribution in [1.82, 2.24) is 5.32 Å². The van der Waals surface area contributed by atoms with Gasteiger partial charge in [-0.15, -0.1) is 16.8 Å². The molecule has 1 aromatic carbocycles. The highest BCUT2D eigenvalue weighted by atomic mass is 35.5. The Morgan fingerprint density at radius 3 is 2.91 bits per heavy atom. The largest absolute Gasteiger partial charge is 0.491 e. The van der Waals surface area contributed by atoms with Crippen LogP contribution in [-0.2, 0) is 10.2 Å². The summed E-state index contributed by atoms with van der Waals surface area (Å²) in [5, 5.41) is 3.40. The van der Waals surface area contributed by atoms with E-state index in [4.69, 9.17) is 10.5 Å². The van der Waals surface area contributed by atoms with Crippen LogP contribution in [0.3, 0.4) is 0 Å². The van der Waals surface area contributed by atoms with Gasteiger partial charge in [-0.25, -0.2) is 0 Å². The minimum absolute atomic E-state index is 0. The van der Waals surface area contributed by atoms with E-state index < -0.39 is 10.2 Å². The fraction of sp³-hybridized carbons (Fsp3) is 0.462. The lowest BCUT2D eigenvalue weighted by atomic mass is 10.1. The van der Waals surface area contributed by atoms with Crippen LogP contribution in [0.1, 0.15) is 24.8 Å². The van der Waals surface area contributed by atoms with Crippen LogP contribution < -0.4 is 20.5 Å². The van der Waals surface area contributed by atoms with Gasteiger partial charge in [0.25, 0.3) is 0 Å². The Labute approximate surface area is 135 Å². The van der Waals surface area contributed by atoms with Gasteiger partial charge in [0.15, 0.2) is 5.84 Å². The molecule has 0 saturated carbocycles. The number of rotatable bonds is 3. The van der Waals surface area contributed by atoms with Crippen molar-refractivity contribution < 1.29 is 13.2 Å². The number of benzene rings is 1. The lowest BCUT2D eigenvalue weighted by molar-refractivity contribution is 0.239. The summed E-state index contributed by atoms with van der Waals surface area (Å²) in [4.78, 5) is 0. The first-order chi connectivity index (χ1) is 10.1. The molecule has 0 amide bonds. The quantitative estimate of drug-likeness (QED) is 0.757. The number of piperidine rings is 1. The number of fused-ring (bicyclic) bond motifs is 1. The predicted molar refractivity (Wildman–Crippen MR) is 88.1 cm³/mol. The lowest BCUT2D eigenvalue weighted by Crippen LogP contribution is -2.38. The molecule has 0 bridgehead atoms. The molecule has 3 rings (SSSR count). The number of nitrogens with two attached hydrogens (primary N) is 1. The van der Waals surface area contributed by atoms with Gasteiger partial charge in [-0.2, -0.15) is 8.42 Å². The highest BCUT2D eigenvalue weighted by Gasteiger charge is 2.24. The molecule has 1 saturated heterocycles. The molecule has 22 heavy (non-hydrogen) atoms. The Kier molecular flexibility index (Phi) is 5.15. The highest BCUT2D eigenvalue weighted by Crippen LogP contribution is 2.30. The maximum atomic E-state index is 11.5. The van der Waals surface area contributed by atoms with Gasteiger partial charge in [-0.05, 0) is 31.5 Å². The van der Waals surface area contributed by atoms with E-state index >= 15 is 0 Å². The Balaban J connectivity index is 0.00000176. The SMILES string of the molecule is Cl.NC1=NS(=O)(=O)Nc2cccc(OC[C@H]3CCCCN3)c21. The number of halogens is 1. The van der Waals surface area contributed by atoms with E-state index in [9.17, 15) is 8.42 Å². The van der Waals surface area contributed by atoms with Crippen molar-refractivity contribution in [1.29, 1.82) is 0 Å². The molecule has 2 aliphatic rings. The first kappa shape index (κ1) is 16.9. The molecule has 0 spiro atoms. The molecule has 122 valence electrons. The summed E-state index contributed by atoms with van der Waals surface area (Å²) in [6, 6.07) is 5.45. The van der Waals surface area contributed by atoms with Crippen molar-refractivity contribution in [3.05, 3.63) is 23.8 Å². The minimum Gasteiger partial charge on any atom is -0.491 e. The zero-order chi connectivity index (χ0) is 14.9. The minimum atomic E-state index is -3.75. The van der Waals surface area contributed by atoms with Crippen LogP contribution in [0.2, 0.25) is 0 Å². The van der Waals surface area contributed by atoms with Gasteiger partial charge in [-0.3, -0.25) is 4.72 Å². The first-order valence-electron chi connectivity index (χ1n) is 6.93. The highest BCUT2D eigenvalue weighted by molar-refractivity contribution is 7.91. The average Bonchev–Trinajstić information content (AvgIpc) is 2.44. The number of hydrogen-bond acceptors (Lipinski definition) is 5. The molecule has 2 aliphatic heterocycles. The molecule has 7 nitrogen and oxygen atoms in total. The molecular weight excluding hydrogens is 328 g/mol. The summed E-state index contributed by atoms with van der Waals surface area (Å²) < 4.78 is 34.7. The number of ether oxygens (including phenoxy) is 1. The van der Waals surface area contributed by atoms with Crippen LogP contribution in [0.5, 0.6) is 5.75 Å². The van der Waals surface area contributed by atoms with Crippen molar-refractivity contribution in [2.45, 2.75) is 25.3 Å². The van der Waals surface area contributed by atoms with Gasteiger partial charge < -0.3 is 15.8 Å². The zero-order valence-corrected chi connectivity index (χ0v) is 13.5. The molecule has 0 radical (unpaired) electrons. The molecule has 4 N–H and O–H groups in total. The summed E-state index contributed by atoms with van der Waals surface area (Å²) in [7, 11) is -3.75. The molecular formula is C13H19ClN4O3S. The van der Waals surface area contributed by atoms with E-state index in [1.54, 1.807) is 18.2 Å². The number of nitrogens with one attached hydrogen (secondary N) is 2. The number of nitrogens with zero attached hydrogens (tertiary/aromatic N) is 1. The second-order valence-electron chi connectivity index (χ2n) is 5.19. The van der Waals surface area contributed by atoms with Gasteiger partial charge >= 0.3 is 10.2 Å². The lowest BCUT2D eigenvalue weighted by Gasteiger charge is -2.25. The van der Waals surface area contributed by atoms with Gasteiger partial charge in [0.2, 0.25) is 0 Å². The van der Waals surface area contributed by atoms with Gasteiger partial charge in [0.05, 0.1) is 11.3 Å². The van der Waals surface area contributed by atoms with E-state index in [0.29, 0.717) is 29.6 Å². The van der Waals surface area contributed by atoms with Crippen molar-refractivity contribution in [2.24, 2.45) is 10.1 Å². The van der Waals surface area contributed by atoms with E-state index in [1.807, 2.05) is 0 Å². The smallest absolute Gasteiger partial charge is 0.344 e. The third kappa shape index (κ3) is 3.63. The summed E-state index contributed by atoms with van der Waals surface area (Å²) >= 11 is 0. The Bertz CT molecular complexity index is 672. The Hall–Kier alpha value is -1.51. The van der Waals surface area contributed by atoms with Crippen LogP contribution in [0.4, 0.5) is 5.69 Å². The average molecular weight is 347 g/mol. The summed E-state index contributed by atoms with van der Waals surface area (Å²) in [6.45, 7) is 1.53. The van der Waals surface area contributed by atoms with Crippen molar-refractivity contribution in [2.75, 3.05) is 17.9 Å². The van der Waals surface area contributed by atoms with Gasteiger partial charge in [-0.1, -0.05) is 12.5 Å². The molecule has 1 fully saturated rings. The van der Waals surface area contributed by atoms with Crippen LogP contribution >= 0.6 is 12.4 Å². The van der Waals surface area contributed by atoms with Crippen LogP contribution in [0.15, 0.2) is 22.6 Å². The normalized spacial score (nSPS) is 22.5. The fourth-order valence-corrected chi connectivity index (χ4v) is 3.44. The molecule has 0 unspecified atom stereocenters. The maximum Gasteiger partial charge on any atom is 0.344 e. The Morgan fingerprint density at radius 2 is 2.18 bits per heavy atom. The van der Waals surface area contributed by atoms with E-state index in [2.05, 4.69) is 14.4 Å². The predicted octanol–water partition coefficient (Wildman–Crippen LogP) is 1.00. The number of hydrogen-bond donors (Lipinski definition) is 3. The number of amidine groups is 1. The van der Waals surface area contributed by atoms with Gasteiger partial charge in [0.1, 0.15) is 12.4 Å². The monoisotopic (exact) mass is 346 g/mol. The van der Waals surface area contributed by atoms with Crippen molar-refractivity contribution in [3.63, 3.8) is 0 Å². The Morgan fingerprint density at radius 1 is 1.36 bits per heavy atom. The molecule has 1 aromatic rings. The zero-order valence-electron chi connectivity index (χ0n) is 11.9. The topological polar surface area (TPSA) is 106 Å². The third-order valence-electron chi connectivity index (χ3n) is 3.59. The molecule has 9 heteroatoms. The van der Waals surface area contributed by atoms with E-state index in [1.165, 1.54) is 12.8 Å². The van der Waals surface area contributed by atoms with Crippen LogP contribution in [0, 0.1) is 0 Å². The third-order valence-corrected chi connectivity index (χ3v) is 4.51. The van der Waals surface area contributed by atoms with E-state index in [0.717, 1.165) is 13.0 Å². The van der Waals surface area contributed by atoms with Gasteiger partial charge in [0, 0.05) is 6.04 Å². The number of anilines is 1. The second-order valence-corrected chi connectivity index (χ2v) is 6.53. The van der Waals surface area contributed by atoms with Crippen molar-refractivity contribution >= 4 is 34.1 Å². The molecule has 1 atom stereocenters. The maximum absolute atomic E-state index is 11.5. The van der Waals surface area contributed by atoms with E-state index in [-0.39, 0.29) is 18.2 Å². The molecule has 0 aromatic heterocycles.